The van der Waals surface area contributed by atoms with Crippen LogP contribution in [0.3, 0.4) is 0 Å². The van der Waals surface area contributed by atoms with Crippen LogP contribution in [-0.4, -0.2) is 5.78 Å². The van der Waals surface area contributed by atoms with Gasteiger partial charge in [-0.25, -0.2) is 0 Å². The maximum atomic E-state index is 11.6. The highest BCUT2D eigenvalue weighted by atomic mass is 16.1. The lowest BCUT2D eigenvalue weighted by Crippen LogP contribution is -2.09. The molecule has 0 aromatic carbocycles. The van der Waals surface area contributed by atoms with E-state index >= 15 is 0 Å². The molecule has 1 nitrogen and oxygen atoms in total. The number of allylic oxidation sites excluding steroid dienone is 4. The molecule has 0 aliphatic rings. The van der Waals surface area contributed by atoms with Crippen molar-refractivity contribution in [3.8, 4) is 0 Å². The lowest BCUT2D eigenvalue weighted by Gasteiger charge is -2.23. The van der Waals surface area contributed by atoms with Gasteiger partial charge in [-0.05, 0) is 42.7 Å². The van der Waals surface area contributed by atoms with Crippen LogP contribution in [0.15, 0.2) is 23.8 Å². The summed E-state index contributed by atoms with van der Waals surface area (Å²) in [4.78, 5) is 11.6. The largest absolute Gasteiger partial charge is 0.295 e. The van der Waals surface area contributed by atoms with Crippen LogP contribution in [0, 0.1) is 17.3 Å². The van der Waals surface area contributed by atoms with Crippen LogP contribution < -0.4 is 0 Å². The topological polar surface area (TPSA) is 17.1 Å². The number of rotatable bonds is 10. The molecule has 1 heteroatoms. The lowest BCUT2D eigenvalue weighted by atomic mass is 9.83. The minimum atomic E-state index is 0.0918. The van der Waals surface area contributed by atoms with Crippen LogP contribution in [0.5, 0.6) is 0 Å². The van der Waals surface area contributed by atoms with Crippen molar-refractivity contribution < 1.29 is 4.79 Å². The molecule has 0 saturated carbocycles. The molecule has 0 aromatic rings. The molecule has 0 aliphatic carbocycles. The van der Waals surface area contributed by atoms with Crippen LogP contribution in [0.2, 0.25) is 0 Å². The van der Waals surface area contributed by atoms with E-state index in [2.05, 4.69) is 39.8 Å². The summed E-state index contributed by atoms with van der Waals surface area (Å²) < 4.78 is 0. The Bertz CT molecular complexity index is 358. The summed E-state index contributed by atoms with van der Waals surface area (Å²) in [6.45, 7) is 15.2. The highest BCUT2D eigenvalue weighted by molar-refractivity contribution is 5.92. The molecule has 122 valence electrons. The third kappa shape index (κ3) is 10.5. The predicted octanol–water partition coefficient (Wildman–Crippen LogP) is 6.35. The Hall–Kier alpha value is -0.850. The van der Waals surface area contributed by atoms with Crippen molar-refractivity contribution in [3.63, 3.8) is 0 Å². The number of ketones is 1. The van der Waals surface area contributed by atoms with Crippen molar-refractivity contribution in [1.29, 1.82) is 0 Å². The van der Waals surface area contributed by atoms with E-state index in [1.54, 1.807) is 6.08 Å². The maximum Gasteiger partial charge on any atom is 0.158 e. The SMILES string of the molecule is CCC(C)(C)CCCC(C)C/C=C/C(C)=C/C(=O)C(C)C. The third-order valence-electron chi connectivity index (χ3n) is 4.37. The van der Waals surface area contributed by atoms with Gasteiger partial charge in [0, 0.05) is 5.92 Å². The fourth-order valence-electron chi connectivity index (χ4n) is 2.15. The molecule has 0 aromatic heterocycles. The molecule has 0 aliphatic heterocycles. The van der Waals surface area contributed by atoms with Crippen molar-refractivity contribution in [2.75, 3.05) is 0 Å². The van der Waals surface area contributed by atoms with Crippen molar-refractivity contribution in [1.82, 2.24) is 0 Å². The zero-order valence-corrected chi connectivity index (χ0v) is 15.3. The van der Waals surface area contributed by atoms with E-state index in [4.69, 9.17) is 0 Å². The molecule has 0 bridgehead atoms. The van der Waals surface area contributed by atoms with E-state index in [1.807, 2.05) is 20.8 Å². The van der Waals surface area contributed by atoms with Crippen molar-refractivity contribution >= 4 is 5.78 Å². The Labute approximate surface area is 132 Å². The Morgan fingerprint density at radius 2 is 1.81 bits per heavy atom. The van der Waals surface area contributed by atoms with E-state index in [-0.39, 0.29) is 11.7 Å². The Morgan fingerprint density at radius 3 is 2.33 bits per heavy atom. The van der Waals surface area contributed by atoms with Crippen LogP contribution >= 0.6 is 0 Å². The number of carbonyl (C=O) groups excluding carboxylic acids is 1. The number of hydrogen-bond acceptors (Lipinski definition) is 1. The summed E-state index contributed by atoms with van der Waals surface area (Å²) in [6.07, 6.45) is 12.4. The fourth-order valence-corrected chi connectivity index (χ4v) is 2.15. The first kappa shape index (κ1) is 20.1. The van der Waals surface area contributed by atoms with E-state index < -0.39 is 0 Å². The number of carbonyl (C=O) groups is 1. The molecule has 0 amide bonds. The van der Waals surface area contributed by atoms with Crippen LogP contribution in [0.4, 0.5) is 0 Å². The molecule has 0 heterocycles. The molecule has 0 fully saturated rings. The van der Waals surface area contributed by atoms with Crippen molar-refractivity contribution in [2.45, 2.75) is 80.6 Å². The normalized spacial score (nSPS) is 15.0. The second kappa shape index (κ2) is 9.97. The highest BCUT2D eigenvalue weighted by Gasteiger charge is 2.14. The summed E-state index contributed by atoms with van der Waals surface area (Å²) in [7, 11) is 0. The van der Waals surface area contributed by atoms with Gasteiger partial charge in [0.2, 0.25) is 0 Å². The average Bonchev–Trinajstić information content (AvgIpc) is 2.38. The summed E-state index contributed by atoms with van der Waals surface area (Å²) in [5.41, 5.74) is 1.56. The molecule has 0 saturated heterocycles. The van der Waals surface area contributed by atoms with Gasteiger partial charge in [-0.2, -0.15) is 0 Å². The van der Waals surface area contributed by atoms with Crippen LogP contribution in [0.1, 0.15) is 80.6 Å². The molecular formula is C20H36O. The highest BCUT2D eigenvalue weighted by Crippen LogP contribution is 2.28. The van der Waals surface area contributed by atoms with Gasteiger partial charge < -0.3 is 0 Å². The molecular weight excluding hydrogens is 256 g/mol. The first-order valence-corrected chi connectivity index (χ1v) is 8.56. The Kier molecular flexibility index (Phi) is 9.57. The summed E-state index contributed by atoms with van der Waals surface area (Å²) in [5, 5.41) is 0. The molecule has 0 radical (unpaired) electrons. The maximum absolute atomic E-state index is 11.6. The van der Waals surface area contributed by atoms with Crippen LogP contribution in [0.25, 0.3) is 0 Å². The zero-order chi connectivity index (χ0) is 16.5. The third-order valence-corrected chi connectivity index (χ3v) is 4.37. The molecule has 1 atom stereocenters. The molecule has 21 heavy (non-hydrogen) atoms. The Balaban J connectivity index is 4.05. The standard InChI is InChI=1S/C20H36O/c1-8-20(6,7)14-10-13-17(4)11-9-12-18(5)15-19(21)16(2)3/h9,12,15-17H,8,10-11,13-14H2,1-7H3/b12-9+,18-15+. The van der Waals surface area contributed by atoms with Crippen molar-refractivity contribution in [2.24, 2.45) is 17.3 Å². The molecule has 0 rings (SSSR count). The van der Waals surface area contributed by atoms with E-state index in [0.717, 1.165) is 17.9 Å². The second-order valence-electron chi connectivity index (χ2n) is 7.60. The van der Waals surface area contributed by atoms with E-state index in [1.165, 1.54) is 25.7 Å². The minimum absolute atomic E-state index is 0.0918. The summed E-state index contributed by atoms with van der Waals surface area (Å²) in [5.74, 6) is 1.03. The smallest absolute Gasteiger partial charge is 0.158 e. The van der Waals surface area contributed by atoms with Gasteiger partial charge in [-0.3, -0.25) is 4.79 Å². The molecule has 0 spiro atoms. The van der Waals surface area contributed by atoms with Gasteiger partial charge in [-0.1, -0.05) is 73.0 Å². The first-order chi connectivity index (χ1) is 9.68. The fraction of sp³-hybridized carbons (Fsp3) is 0.750. The Morgan fingerprint density at radius 1 is 1.19 bits per heavy atom. The summed E-state index contributed by atoms with van der Waals surface area (Å²) in [6, 6.07) is 0. The van der Waals surface area contributed by atoms with Gasteiger partial charge in [-0.15, -0.1) is 0 Å². The van der Waals surface area contributed by atoms with Gasteiger partial charge in [0.1, 0.15) is 0 Å². The second-order valence-corrected chi connectivity index (χ2v) is 7.60. The zero-order valence-electron chi connectivity index (χ0n) is 15.3. The first-order valence-electron chi connectivity index (χ1n) is 8.56. The van der Waals surface area contributed by atoms with Gasteiger partial charge in [0.15, 0.2) is 5.78 Å². The molecule has 0 N–H and O–H groups in total. The van der Waals surface area contributed by atoms with Crippen LogP contribution in [-0.2, 0) is 4.79 Å². The lowest BCUT2D eigenvalue weighted by molar-refractivity contribution is -0.117. The van der Waals surface area contributed by atoms with Gasteiger partial charge >= 0.3 is 0 Å². The van der Waals surface area contributed by atoms with Gasteiger partial charge in [0.25, 0.3) is 0 Å². The van der Waals surface area contributed by atoms with Crippen molar-refractivity contribution in [3.05, 3.63) is 23.8 Å². The summed E-state index contributed by atoms with van der Waals surface area (Å²) >= 11 is 0. The monoisotopic (exact) mass is 292 g/mol. The van der Waals surface area contributed by atoms with E-state index in [0.29, 0.717) is 5.41 Å². The average molecular weight is 293 g/mol. The van der Waals surface area contributed by atoms with E-state index in [9.17, 15) is 4.79 Å². The number of hydrogen-bond donors (Lipinski definition) is 0. The van der Waals surface area contributed by atoms with Gasteiger partial charge in [0.05, 0.1) is 0 Å². The minimum Gasteiger partial charge on any atom is -0.295 e. The predicted molar refractivity (Wildman–Crippen MR) is 94.4 cm³/mol. The molecule has 1 unspecified atom stereocenters. The quantitative estimate of drug-likeness (QED) is 0.339.